The number of rotatable bonds is 3. The van der Waals surface area contributed by atoms with Crippen molar-refractivity contribution in [3.8, 4) is 0 Å². The monoisotopic (exact) mass is 242 g/mol. The minimum Gasteiger partial charge on any atom is -0.366 e. The van der Waals surface area contributed by atoms with Crippen molar-refractivity contribution in [2.45, 2.75) is 44.2 Å². The van der Waals surface area contributed by atoms with Gasteiger partial charge in [-0.25, -0.2) is 18.7 Å². The summed E-state index contributed by atoms with van der Waals surface area (Å²) in [6.45, 7) is 0. The molecule has 0 unspecified atom stereocenters. The maximum absolute atomic E-state index is 12.7. The predicted molar refractivity (Wildman–Crippen MR) is 60.8 cm³/mol. The summed E-state index contributed by atoms with van der Waals surface area (Å²) in [5, 5.41) is 3.04. The molecule has 17 heavy (non-hydrogen) atoms. The highest BCUT2D eigenvalue weighted by molar-refractivity contribution is 5.41. The number of hydrogen-bond donors (Lipinski definition) is 2. The van der Waals surface area contributed by atoms with Crippen LogP contribution in [0.5, 0.6) is 0 Å². The van der Waals surface area contributed by atoms with Crippen molar-refractivity contribution in [1.82, 2.24) is 9.97 Å². The van der Waals surface area contributed by atoms with Gasteiger partial charge in [-0.15, -0.1) is 0 Å². The Morgan fingerprint density at radius 1 is 1.18 bits per heavy atom. The molecular weight excluding hydrogens is 226 g/mol. The summed E-state index contributed by atoms with van der Waals surface area (Å²) in [5.74, 6) is 0.197. The molecule has 1 aliphatic rings. The Labute approximate surface area is 98.6 Å². The van der Waals surface area contributed by atoms with E-state index in [9.17, 15) is 8.78 Å². The van der Waals surface area contributed by atoms with Crippen molar-refractivity contribution >= 4 is 5.82 Å². The largest absolute Gasteiger partial charge is 0.366 e. The molecule has 0 aliphatic heterocycles. The van der Waals surface area contributed by atoms with Crippen molar-refractivity contribution in [3.63, 3.8) is 0 Å². The van der Waals surface area contributed by atoms with Crippen LogP contribution in [-0.2, 0) is 0 Å². The molecule has 0 saturated heterocycles. The number of anilines is 1. The fraction of sp³-hybridized carbons (Fsp3) is 0.636. The van der Waals surface area contributed by atoms with Gasteiger partial charge in [-0.05, 0) is 25.7 Å². The van der Waals surface area contributed by atoms with Crippen LogP contribution in [0.1, 0.15) is 37.8 Å². The van der Waals surface area contributed by atoms with E-state index in [1.54, 1.807) is 0 Å². The standard InChI is InChI=1S/C11H16F2N4/c12-10(13)9-11(16-6-5-15-9)17-8-3-1-7(14)2-4-8/h5-8,10H,1-4,14H2,(H,16,17). The van der Waals surface area contributed by atoms with E-state index in [2.05, 4.69) is 15.3 Å². The van der Waals surface area contributed by atoms with Crippen LogP contribution in [0.2, 0.25) is 0 Å². The molecule has 1 aliphatic carbocycles. The van der Waals surface area contributed by atoms with E-state index in [1.165, 1.54) is 12.4 Å². The van der Waals surface area contributed by atoms with Gasteiger partial charge in [-0.2, -0.15) is 0 Å². The van der Waals surface area contributed by atoms with E-state index >= 15 is 0 Å². The fourth-order valence-electron chi connectivity index (χ4n) is 2.08. The summed E-state index contributed by atoms with van der Waals surface area (Å²) in [6.07, 6.45) is 3.72. The Morgan fingerprint density at radius 2 is 1.82 bits per heavy atom. The lowest BCUT2D eigenvalue weighted by Crippen LogP contribution is -2.33. The molecule has 0 amide bonds. The lowest BCUT2D eigenvalue weighted by molar-refractivity contribution is 0.146. The smallest absolute Gasteiger partial charge is 0.283 e. The van der Waals surface area contributed by atoms with Crippen LogP contribution in [0, 0.1) is 0 Å². The number of aromatic nitrogens is 2. The van der Waals surface area contributed by atoms with Gasteiger partial charge in [0.1, 0.15) is 5.69 Å². The van der Waals surface area contributed by atoms with Crippen LogP contribution in [-0.4, -0.2) is 22.1 Å². The van der Waals surface area contributed by atoms with Crippen molar-refractivity contribution in [2.24, 2.45) is 5.73 Å². The molecule has 2 rings (SSSR count). The first-order chi connectivity index (χ1) is 8.16. The zero-order valence-electron chi connectivity index (χ0n) is 9.44. The van der Waals surface area contributed by atoms with E-state index in [0.717, 1.165) is 25.7 Å². The van der Waals surface area contributed by atoms with Gasteiger partial charge in [0.2, 0.25) is 0 Å². The summed E-state index contributed by atoms with van der Waals surface area (Å²) in [7, 11) is 0. The molecule has 1 heterocycles. The van der Waals surface area contributed by atoms with Gasteiger partial charge in [0.15, 0.2) is 5.82 Å². The molecule has 1 aromatic rings. The third-order valence-corrected chi connectivity index (χ3v) is 3.05. The number of hydrogen-bond acceptors (Lipinski definition) is 4. The molecule has 6 heteroatoms. The van der Waals surface area contributed by atoms with Crippen LogP contribution in [0.25, 0.3) is 0 Å². The van der Waals surface area contributed by atoms with Crippen molar-refractivity contribution in [1.29, 1.82) is 0 Å². The minimum absolute atomic E-state index is 0.170. The van der Waals surface area contributed by atoms with Crippen molar-refractivity contribution in [2.75, 3.05) is 5.32 Å². The third kappa shape index (κ3) is 3.09. The molecule has 0 spiro atoms. The number of nitrogens with zero attached hydrogens (tertiary/aromatic N) is 2. The van der Waals surface area contributed by atoms with Gasteiger partial charge in [0, 0.05) is 24.5 Å². The first-order valence-corrected chi connectivity index (χ1v) is 5.78. The van der Waals surface area contributed by atoms with Gasteiger partial charge >= 0.3 is 0 Å². The predicted octanol–water partition coefficient (Wildman–Crippen LogP) is 2.10. The molecule has 94 valence electrons. The number of nitrogens with one attached hydrogen (secondary N) is 1. The van der Waals surface area contributed by atoms with Crippen LogP contribution < -0.4 is 11.1 Å². The first-order valence-electron chi connectivity index (χ1n) is 5.78. The molecule has 1 aromatic heterocycles. The van der Waals surface area contributed by atoms with Crippen LogP contribution in [0.4, 0.5) is 14.6 Å². The van der Waals surface area contributed by atoms with E-state index in [-0.39, 0.29) is 23.6 Å². The second-order valence-electron chi connectivity index (χ2n) is 4.35. The van der Waals surface area contributed by atoms with Crippen molar-refractivity contribution < 1.29 is 8.78 Å². The fourth-order valence-corrected chi connectivity index (χ4v) is 2.08. The zero-order valence-corrected chi connectivity index (χ0v) is 9.44. The topological polar surface area (TPSA) is 63.8 Å². The van der Waals surface area contributed by atoms with Crippen LogP contribution >= 0.6 is 0 Å². The zero-order chi connectivity index (χ0) is 12.3. The highest BCUT2D eigenvalue weighted by atomic mass is 19.3. The molecular formula is C11H16F2N4. The highest BCUT2D eigenvalue weighted by Gasteiger charge is 2.22. The van der Waals surface area contributed by atoms with Gasteiger partial charge < -0.3 is 11.1 Å². The maximum atomic E-state index is 12.7. The number of halogens is 2. The Hall–Kier alpha value is -1.30. The maximum Gasteiger partial charge on any atom is 0.283 e. The van der Waals surface area contributed by atoms with Crippen LogP contribution in [0.3, 0.4) is 0 Å². The van der Waals surface area contributed by atoms with E-state index in [4.69, 9.17) is 5.73 Å². The summed E-state index contributed by atoms with van der Waals surface area (Å²) < 4.78 is 25.4. The van der Waals surface area contributed by atoms with Gasteiger partial charge in [-0.1, -0.05) is 0 Å². The van der Waals surface area contributed by atoms with E-state index < -0.39 is 6.43 Å². The quantitative estimate of drug-likeness (QED) is 0.852. The Kier molecular flexibility index (Phi) is 3.83. The molecule has 0 atom stereocenters. The molecule has 3 N–H and O–H groups in total. The molecule has 4 nitrogen and oxygen atoms in total. The second-order valence-corrected chi connectivity index (χ2v) is 4.35. The molecule has 1 fully saturated rings. The lowest BCUT2D eigenvalue weighted by Gasteiger charge is -2.27. The summed E-state index contributed by atoms with van der Waals surface area (Å²) in [5.41, 5.74) is 5.52. The molecule has 0 bridgehead atoms. The molecule has 1 saturated carbocycles. The Bertz CT molecular complexity index is 364. The average Bonchev–Trinajstić information content (AvgIpc) is 2.32. The summed E-state index contributed by atoms with van der Waals surface area (Å²) >= 11 is 0. The van der Waals surface area contributed by atoms with E-state index in [1.807, 2.05) is 0 Å². The van der Waals surface area contributed by atoms with Gasteiger partial charge in [-0.3, -0.25) is 0 Å². The molecule has 0 aromatic carbocycles. The normalized spacial score (nSPS) is 24.9. The molecule has 0 radical (unpaired) electrons. The van der Waals surface area contributed by atoms with Crippen molar-refractivity contribution in [3.05, 3.63) is 18.1 Å². The third-order valence-electron chi connectivity index (χ3n) is 3.05. The minimum atomic E-state index is -2.60. The second kappa shape index (κ2) is 5.35. The summed E-state index contributed by atoms with van der Waals surface area (Å²) in [4.78, 5) is 7.59. The average molecular weight is 242 g/mol. The van der Waals surface area contributed by atoms with Crippen LogP contribution in [0.15, 0.2) is 12.4 Å². The van der Waals surface area contributed by atoms with E-state index in [0.29, 0.717) is 0 Å². The first kappa shape index (κ1) is 12.2. The summed E-state index contributed by atoms with van der Waals surface area (Å²) in [6, 6.07) is 0.411. The van der Waals surface area contributed by atoms with Gasteiger partial charge in [0.05, 0.1) is 0 Å². The Balaban J connectivity index is 2.03. The number of nitrogens with two attached hydrogens (primary N) is 1. The lowest BCUT2D eigenvalue weighted by atomic mass is 9.92. The Morgan fingerprint density at radius 3 is 2.47 bits per heavy atom. The van der Waals surface area contributed by atoms with Gasteiger partial charge in [0.25, 0.3) is 6.43 Å². The highest BCUT2D eigenvalue weighted by Crippen LogP contribution is 2.26. The number of alkyl halides is 2. The SMILES string of the molecule is NC1CCC(Nc2nccnc2C(F)F)CC1.